The molecule has 19 heavy (non-hydrogen) atoms. The molecular weight excluding hydrogens is 332 g/mol. The van der Waals surface area contributed by atoms with Crippen molar-refractivity contribution in [2.24, 2.45) is 7.05 Å². The molecule has 6 nitrogen and oxygen atoms in total. The molecule has 2 aromatic rings. The Morgan fingerprint density at radius 2 is 2.21 bits per heavy atom. The minimum atomic E-state index is -0.398. The lowest BCUT2D eigenvalue weighted by Gasteiger charge is -2.03. The van der Waals surface area contributed by atoms with Crippen LogP contribution in [0.15, 0.2) is 27.8 Å². The van der Waals surface area contributed by atoms with Gasteiger partial charge < -0.3 is 4.57 Å². The van der Waals surface area contributed by atoms with E-state index in [0.717, 1.165) is 16.5 Å². The molecule has 0 aliphatic heterocycles. The standard InChI is InChI=1S/C11H11BrN4O2S/c1-7-13-14-11(15(7)2)19-6-8-3-4-9(12)10(5-8)16(17)18/h3-5H,6H2,1-2H3. The van der Waals surface area contributed by atoms with Gasteiger partial charge in [0.1, 0.15) is 5.82 Å². The van der Waals surface area contributed by atoms with Gasteiger partial charge in [0.2, 0.25) is 0 Å². The summed E-state index contributed by atoms with van der Waals surface area (Å²) in [5.41, 5.74) is 0.952. The van der Waals surface area contributed by atoms with Gasteiger partial charge in [0.05, 0.1) is 9.40 Å². The van der Waals surface area contributed by atoms with Crippen LogP contribution in [0.5, 0.6) is 0 Å². The molecule has 0 fully saturated rings. The Morgan fingerprint density at radius 3 is 2.79 bits per heavy atom. The second-order valence-electron chi connectivity index (χ2n) is 3.92. The number of benzene rings is 1. The van der Waals surface area contributed by atoms with E-state index in [1.807, 2.05) is 24.6 Å². The number of halogens is 1. The van der Waals surface area contributed by atoms with E-state index in [4.69, 9.17) is 0 Å². The van der Waals surface area contributed by atoms with Crippen LogP contribution in [-0.4, -0.2) is 19.7 Å². The second-order valence-corrected chi connectivity index (χ2v) is 5.72. The summed E-state index contributed by atoms with van der Waals surface area (Å²) in [4.78, 5) is 10.4. The molecule has 100 valence electrons. The summed E-state index contributed by atoms with van der Waals surface area (Å²) in [5, 5.41) is 19.6. The Labute approximate surface area is 122 Å². The largest absolute Gasteiger partial charge is 0.309 e. The number of aryl methyl sites for hydroxylation is 1. The van der Waals surface area contributed by atoms with Crippen molar-refractivity contribution >= 4 is 33.4 Å². The van der Waals surface area contributed by atoms with E-state index >= 15 is 0 Å². The lowest BCUT2D eigenvalue weighted by Crippen LogP contribution is -1.95. The smallest absolute Gasteiger partial charge is 0.283 e. The average Bonchev–Trinajstić information content (AvgIpc) is 2.69. The number of thioether (sulfide) groups is 1. The van der Waals surface area contributed by atoms with Crippen LogP contribution in [0.1, 0.15) is 11.4 Å². The van der Waals surface area contributed by atoms with Crippen LogP contribution in [0.4, 0.5) is 5.69 Å². The summed E-state index contributed by atoms with van der Waals surface area (Å²) in [7, 11) is 1.89. The van der Waals surface area contributed by atoms with E-state index in [9.17, 15) is 10.1 Å². The summed E-state index contributed by atoms with van der Waals surface area (Å²) in [6.07, 6.45) is 0. The van der Waals surface area contributed by atoms with Gasteiger partial charge in [-0.15, -0.1) is 10.2 Å². The Morgan fingerprint density at radius 1 is 1.47 bits per heavy atom. The lowest BCUT2D eigenvalue weighted by atomic mass is 10.2. The first-order valence-electron chi connectivity index (χ1n) is 5.40. The minimum absolute atomic E-state index is 0.0762. The van der Waals surface area contributed by atoms with Crippen LogP contribution in [0.25, 0.3) is 0 Å². The number of hydrogen-bond acceptors (Lipinski definition) is 5. The molecule has 0 aliphatic carbocycles. The molecule has 2 rings (SSSR count). The molecule has 0 saturated heterocycles. The highest BCUT2D eigenvalue weighted by Gasteiger charge is 2.13. The highest BCUT2D eigenvalue weighted by atomic mass is 79.9. The Kier molecular flexibility index (Phi) is 4.20. The van der Waals surface area contributed by atoms with Gasteiger partial charge in [0, 0.05) is 18.9 Å². The Hall–Kier alpha value is -1.41. The zero-order valence-corrected chi connectivity index (χ0v) is 12.7. The number of aromatic nitrogens is 3. The van der Waals surface area contributed by atoms with Crippen molar-refractivity contribution < 1.29 is 4.92 Å². The van der Waals surface area contributed by atoms with Gasteiger partial charge in [-0.1, -0.05) is 17.8 Å². The lowest BCUT2D eigenvalue weighted by molar-refractivity contribution is -0.385. The molecule has 0 saturated carbocycles. The average molecular weight is 343 g/mol. The van der Waals surface area contributed by atoms with Gasteiger partial charge in [-0.3, -0.25) is 10.1 Å². The van der Waals surface area contributed by atoms with E-state index in [1.54, 1.807) is 12.1 Å². The molecule has 0 bridgehead atoms. The molecule has 0 amide bonds. The van der Waals surface area contributed by atoms with Crippen LogP contribution in [0.2, 0.25) is 0 Å². The highest BCUT2D eigenvalue weighted by molar-refractivity contribution is 9.10. The number of nitrogens with zero attached hydrogens (tertiary/aromatic N) is 4. The van der Waals surface area contributed by atoms with Gasteiger partial charge in [-0.05, 0) is 34.5 Å². The molecule has 0 unspecified atom stereocenters. The molecule has 1 aromatic heterocycles. The van der Waals surface area contributed by atoms with Crippen molar-refractivity contribution in [3.8, 4) is 0 Å². The van der Waals surface area contributed by atoms with E-state index in [-0.39, 0.29) is 5.69 Å². The van der Waals surface area contributed by atoms with Crippen molar-refractivity contribution in [2.75, 3.05) is 0 Å². The molecule has 1 aromatic carbocycles. The van der Waals surface area contributed by atoms with Crippen LogP contribution >= 0.6 is 27.7 Å². The first-order chi connectivity index (χ1) is 8.99. The summed E-state index contributed by atoms with van der Waals surface area (Å²) in [6, 6.07) is 5.11. The quantitative estimate of drug-likeness (QED) is 0.485. The predicted octanol–water partition coefficient (Wildman–Crippen LogP) is 3.09. The summed E-state index contributed by atoms with van der Waals surface area (Å²) in [6.45, 7) is 1.88. The first kappa shape index (κ1) is 14.0. The molecular formula is C11H11BrN4O2S. The van der Waals surface area contributed by atoms with Crippen LogP contribution in [0.3, 0.4) is 0 Å². The number of hydrogen-bond donors (Lipinski definition) is 0. The number of nitro groups is 1. The first-order valence-corrected chi connectivity index (χ1v) is 7.18. The van der Waals surface area contributed by atoms with Crippen LogP contribution in [-0.2, 0) is 12.8 Å². The SMILES string of the molecule is Cc1nnc(SCc2ccc(Br)c([N+](=O)[O-])c2)n1C. The fourth-order valence-electron chi connectivity index (χ4n) is 1.45. The topological polar surface area (TPSA) is 73.8 Å². The van der Waals surface area contributed by atoms with Gasteiger partial charge in [-0.2, -0.15) is 0 Å². The third-order valence-electron chi connectivity index (χ3n) is 2.63. The summed E-state index contributed by atoms with van der Waals surface area (Å²) < 4.78 is 2.37. The van der Waals surface area contributed by atoms with Crippen molar-refractivity contribution in [1.82, 2.24) is 14.8 Å². The maximum absolute atomic E-state index is 10.8. The van der Waals surface area contributed by atoms with Gasteiger partial charge >= 0.3 is 0 Å². The van der Waals surface area contributed by atoms with Gasteiger partial charge in [0.25, 0.3) is 5.69 Å². The van der Waals surface area contributed by atoms with Crippen LogP contribution < -0.4 is 0 Å². The molecule has 0 aliphatic rings. The van der Waals surface area contributed by atoms with E-state index in [1.165, 1.54) is 11.8 Å². The zero-order chi connectivity index (χ0) is 14.0. The summed E-state index contributed by atoms with van der Waals surface area (Å²) >= 11 is 4.67. The van der Waals surface area contributed by atoms with E-state index in [0.29, 0.717) is 10.2 Å². The predicted molar refractivity (Wildman–Crippen MR) is 76.1 cm³/mol. The van der Waals surface area contributed by atoms with E-state index in [2.05, 4.69) is 26.1 Å². The summed E-state index contributed by atoms with van der Waals surface area (Å²) in [5.74, 6) is 1.45. The molecule has 0 radical (unpaired) electrons. The van der Waals surface area contributed by atoms with Gasteiger partial charge in [0.15, 0.2) is 5.16 Å². The maximum atomic E-state index is 10.8. The van der Waals surface area contributed by atoms with Gasteiger partial charge in [-0.25, -0.2) is 0 Å². The maximum Gasteiger partial charge on any atom is 0.283 e. The Bertz CT molecular complexity index is 629. The Balaban J connectivity index is 2.14. The number of rotatable bonds is 4. The normalized spacial score (nSPS) is 10.7. The molecule has 1 heterocycles. The highest BCUT2D eigenvalue weighted by Crippen LogP contribution is 2.28. The van der Waals surface area contributed by atoms with Crippen molar-refractivity contribution in [3.05, 3.63) is 44.2 Å². The molecule has 0 spiro atoms. The second kappa shape index (κ2) is 5.70. The third kappa shape index (κ3) is 3.13. The van der Waals surface area contributed by atoms with Crippen molar-refractivity contribution in [2.45, 2.75) is 17.8 Å². The van der Waals surface area contributed by atoms with Crippen molar-refractivity contribution in [3.63, 3.8) is 0 Å². The fraction of sp³-hybridized carbons (Fsp3) is 0.273. The number of nitro benzene ring substituents is 1. The zero-order valence-electron chi connectivity index (χ0n) is 10.3. The molecule has 0 atom stereocenters. The molecule has 0 N–H and O–H groups in total. The van der Waals surface area contributed by atoms with Crippen molar-refractivity contribution in [1.29, 1.82) is 0 Å². The van der Waals surface area contributed by atoms with E-state index < -0.39 is 4.92 Å². The van der Waals surface area contributed by atoms with Crippen LogP contribution in [0, 0.1) is 17.0 Å². The fourth-order valence-corrected chi connectivity index (χ4v) is 2.74. The monoisotopic (exact) mass is 342 g/mol. The third-order valence-corrected chi connectivity index (χ3v) is 4.39. The molecule has 8 heteroatoms. The minimum Gasteiger partial charge on any atom is -0.309 e.